The van der Waals surface area contributed by atoms with Gasteiger partial charge in [0.2, 0.25) is 5.91 Å². The Morgan fingerprint density at radius 3 is 2.67 bits per heavy atom. The second-order valence-corrected chi connectivity index (χ2v) is 6.43. The van der Waals surface area contributed by atoms with Crippen LogP contribution in [0.5, 0.6) is 0 Å². The van der Waals surface area contributed by atoms with E-state index in [1.165, 1.54) is 18.4 Å². The lowest BCUT2D eigenvalue weighted by Crippen LogP contribution is -2.18. The number of fused-ring (bicyclic) bond motifs is 1. The highest BCUT2D eigenvalue weighted by atomic mass is 32.1. The molecule has 1 fully saturated rings. The van der Waals surface area contributed by atoms with E-state index < -0.39 is 23.8 Å². The van der Waals surface area contributed by atoms with Gasteiger partial charge in [-0.25, -0.2) is 4.79 Å². The molecule has 21 heavy (non-hydrogen) atoms. The third-order valence-electron chi connectivity index (χ3n) is 3.99. The molecule has 1 aromatic rings. The van der Waals surface area contributed by atoms with Crippen LogP contribution >= 0.6 is 11.3 Å². The lowest BCUT2D eigenvalue weighted by molar-refractivity contribution is -0.139. The van der Waals surface area contributed by atoms with E-state index in [-0.39, 0.29) is 5.91 Å². The minimum absolute atomic E-state index is 0.326. The quantitative estimate of drug-likeness (QED) is 0.826. The van der Waals surface area contributed by atoms with Gasteiger partial charge < -0.3 is 15.2 Å². The van der Waals surface area contributed by atoms with E-state index in [0.717, 1.165) is 29.7 Å². The molecule has 0 aliphatic heterocycles. The van der Waals surface area contributed by atoms with Crippen molar-refractivity contribution in [1.29, 1.82) is 0 Å². The average Bonchev–Trinajstić information content (AvgIpc) is 3.03. The van der Waals surface area contributed by atoms with Crippen molar-refractivity contribution in [2.45, 2.75) is 25.7 Å². The maximum Gasteiger partial charge on any atom is 0.341 e. The van der Waals surface area contributed by atoms with Crippen LogP contribution in [0.3, 0.4) is 0 Å². The SMILES string of the molecule is COC(=O)c1c(NC(=O)[C@@H]2C[C@@H]2C(=O)O)sc2c1CCC2. The first-order valence-electron chi connectivity index (χ1n) is 6.79. The number of ether oxygens (including phenoxy) is 1. The molecular weight excluding hydrogens is 294 g/mol. The van der Waals surface area contributed by atoms with Gasteiger partial charge in [0.1, 0.15) is 5.00 Å². The number of rotatable bonds is 4. The Morgan fingerprint density at radius 1 is 1.29 bits per heavy atom. The van der Waals surface area contributed by atoms with Crippen LogP contribution in [0.4, 0.5) is 5.00 Å². The molecule has 1 aromatic heterocycles. The molecule has 1 amide bonds. The molecule has 0 aromatic carbocycles. The van der Waals surface area contributed by atoms with Gasteiger partial charge in [0.25, 0.3) is 0 Å². The summed E-state index contributed by atoms with van der Waals surface area (Å²) >= 11 is 1.40. The Bertz CT molecular complexity index is 636. The first-order chi connectivity index (χ1) is 10.0. The van der Waals surface area contributed by atoms with Crippen LogP contribution < -0.4 is 5.32 Å². The topological polar surface area (TPSA) is 92.7 Å². The molecule has 2 aliphatic carbocycles. The second-order valence-electron chi connectivity index (χ2n) is 5.33. The number of aliphatic carboxylic acids is 1. The van der Waals surface area contributed by atoms with Gasteiger partial charge in [-0.3, -0.25) is 9.59 Å². The molecule has 7 heteroatoms. The molecule has 1 heterocycles. The summed E-state index contributed by atoms with van der Waals surface area (Å²) in [7, 11) is 1.31. The van der Waals surface area contributed by atoms with Crippen molar-refractivity contribution in [2.24, 2.45) is 11.8 Å². The summed E-state index contributed by atoms with van der Waals surface area (Å²) in [4.78, 5) is 35.9. The molecule has 6 nitrogen and oxygen atoms in total. The first kappa shape index (κ1) is 14.1. The number of carboxylic acid groups (broad SMARTS) is 1. The minimum Gasteiger partial charge on any atom is -0.481 e. The second kappa shape index (κ2) is 5.14. The van der Waals surface area contributed by atoms with Crippen molar-refractivity contribution in [1.82, 2.24) is 0 Å². The summed E-state index contributed by atoms with van der Waals surface area (Å²) in [5.41, 5.74) is 1.41. The molecule has 3 rings (SSSR count). The Morgan fingerprint density at radius 2 is 2.05 bits per heavy atom. The summed E-state index contributed by atoms with van der Waals surface area (Å²) < 4.78 is 4.80. The molecule has 2 atom stereocenters. The van der Waals surface area contributed by atoms with E-state index in [4.69, 9.17) is 9.84 Å². The predicted molar refractivity (Wildman–Crippen MR) is 75.5 cm³/mol. The fraction of sp³-hybridized carbons (Fsp3) is 0.500. The van der Waals surface area contributed by atoms with E-state index in [1.807, 2.05) is 0 Å². The maximum atomic E-state index is 12.1. The van der Waals surface area contributed by atoms with Crippen molar-refractivity contribution < 1.29 is 24.2 Å². The van der Waals surface area contributed by atoms with Crippen LogP contribution in [-0.4, -0.2) is 30.1 Å². The van der Waals surface area contributed by atoms with Crippen LogP contribution in [0.2, 0.25) is 0 Å². The van der Waals surface area contributed by atoms with E-state index in [0.29, 0.717) is 17.0 Å². The lowest BCUT2D eigenvalue weighted by Gasteiger charge is -2.06. The molecule has 0 unspecified atom stereocenters. The number of carbonyl (C=O) groups is 3. The van der Waals surface area contributed by atoms with Gasteiger partial charge in [0.15, 0.2) is 0 Å². The van der Waals surface area contributed by atoms with Crippen molar-refractivity contribution in [2.75, 3.05) is 12.4 Å². The molecule has 0 spiro atoms. The van der Waals surface area contributed by atoms with E-state index in [2.05, 4.69) is 5.32 Å². The average molecular weight is 309 g/mol. The van der Waals surface area contributed by atoms with Gasteiger partial charge in [-0.1, -0.05) is 0 Å². The fourth-order valence-corrected chi connectivity index (χ4v) is 4.05. The summed E-state index contributed by atoms with van der Waals surface area (Å²) in [5.74, 6) is -2.82. The largest absolute Gasteiger partial charge is 0.481 e. The van der Waals surface area contributed by atoms with Gasteiger partial charge in [0, 0.05) is 4.88 Å². The van der Waals surface area contributed by atoms with Crippen LogP contribution in [0, 0.1) is 11.8 Å². The maximum absolute atomic E-state index is 12.1. The molecule has 0 saturated heterocycles. The molecular formula is C14H15NO5S. The summed E-state index contributed by atoms with van der Waals surface area (Å²) in [6.07, 6.45) is 3.08. The van der Waals surface area contributed by atoms with E-state index in [9.17, 15) is 14.4 Å². The molecule has 112 valence electrons. The minimum atomic E-state index is -0.947. The van der Waals surface area contributed by atoms with Crippen LogP contribution in [0.25, 0.3) is 0 Å². The standard InChI is InChI=1S/C14H15NO5S/c1-20-14(19)10-6-3-2-4-9(6)21-12(10)15-11(16)7-5-8(7)13(17)18/h7-8H,2-5H2,1H3,(H,15,16)(H,17,18)/t7-,8+/m1/s1. The number of aryl methyl sites for hydroxylation is 1. The number of carboxylic acids is 1. The highest BCUT2D eigenvalue weighted by Crippen LogP contribution is 2.43. The van der Waals surface area contributed by atoms with Crippen molar-refractivity contribution >= 4 is 34.2 Å². The van der Waals surface area contributed by atoms with Gasteiger partial charge in [0.05, 0.1) is 24.5 Å². The number of nitrogens with one attached hydrogen (secondary N) is 1. The van der Waals surface area contributed by atoms with Crippen molar-refractivity contribution in [3.05, 3.63) is 16.0 Å². The van der Waals surface area contributed by atoms with Gasteiger partial charge in [-0.15, -0.1) is 11.3 Å². The third kappa shape index (κ3) is 2.42. The molecule has 1 saturated carbocycles. The highest BCUT2D eigenvalue weighted by Gasteiger charge is 2.48. The zero-order valence-corrected chi connectivity index (χ0v) is 12.3. The fourth-order valence-electron chi connectivity index (χ4n) is 2.77. The molecule has 2 aliphatic rings. The van der Waals surface area contributed by atoms with Gasteiger partial charge in [-0.2, -0.15) is 0 Å². The number of anilines is 1. The smallest absolute Gasteiger partial charge is 0.341 e. The third-order valence-corrected chi connectivity index (χ3v) is 5.20. The number of carbonyl (C=O) groups excluding carboxylic acids is 2. The first-order valence-corrected chi connectivity index (χ1v) is 7.61. The summed E-state index contributed by atoms with van der Waals surface area (Å²) in [5, 5.41) is 12.1. The van der Waals surface area contributed by atoms with Crippen LogP contribution in [0.15, 0.2) is 0 Å². The number of amides is 1. The normalized spacial score (nSPS) is 22.5. The Labute approximate surface area is 125 Å². The molecule has 0 radical (unpaired) electrons. The number of hydrogen-bond donors (Lipinski definition) is 2. The molecule has 0 bridgehead atoms. The van der Waals surface area contributed by atoms with Gasteiger partial charge in [-0.05, 0) is 31.2 Å². The Balaban J connectivity index is 1.81. The monoisotopic (exact) mass is 309 g/mol. The lowest BCUT2D eigenvalue weighted by atomic mass is 10.1. The molecule has 2 N–H and O–H groups in total. The van der Waals surface area contributed by atoms with E-state index in [1.54, 1.807) is 0 Å². The number of thiophene rings is 1. The van der Waals surface area contributed by atoms with Gasteiger partial charge >= 0.3 is 11.9 Å². The highest BCUT2D eigenvalue weighted by molar-refractivity contribution is 7.17. The van der Waals surface area contributed by atoms with Crippen LogP contribution in [0.1, 0.15) is 33.6 Å². The van der Waals surface area contributed by atoms with Crippen molar-refractivity contribution in [3.8, 4) is 0 Å². The predicted octanol–water partition coefficient (Wildman–Crippen LogP) is 1.68. The number of esters is 1. The zero-order valence-electron chi connectivity index (χ0n) is 11.5. The zero-order chi connectivity index (χ0) is 15.1. The number of methoxy groups -OCH3 is 1. The van der Waals surface area contributed by atoms with E-state index >= 15 is 0 Å². The summed E-state index contributed by atoms with van der Waals surface area (Å²) in [6, 6.07) is 0. The van der Waals surface area contributed by atoms with Crippen molar-refractivity contribution in [3.63, 3.8) is 0 Å². The Kier molecular flexibility index (Phi) is 3.44. The summed E-state index contributed by atoms with van der Waals surface area (Å²) in [6.45, 7) is 0. The number of hydrogen-bond acceptors (Lipinski definition) is 5. The Hall–Kier alpha value is -1.89. The van der Waals surface area contributed by atoms with Crippen LogP contribution in [-0.2, 0) is 27.2 Å².